The molecule has 1 aromatic carbocycles. The molecule has 1 aliphatic rings. The average molecular weight is 367 g/mol. The summed E-state index contributed by atoms with van der Waals surface area (Å²) in [6.07, 6.45) is 4.96. The number of hydrogen-bond acceptors (Lipinski definition) is 6. The monoisotopic (exact) mass is 367 g/mol. The summed E-state index contributed by atoms with van der Waals surface area (Å²) in [5.41, 5.74) is 3.11. The first-order valence-corrected chi connectivity index (χ1v) is 9.15. The van der Waals surface area contributed by atoms with Crippen LogP contribution in [-0.2, 0) is 12.8 Å². The fourth-order valence-electron chi connectivity index (χ4n) is 2.84. The lowest BCUT2D eigenvalue weighted by Gasteiger charge is -2.06. The third-order valence-corrected chi connectivity index (χ3v) is 5.28. The molecule has 6 nitrogen and oxygen atoms in total. The zero-order valence-corrected chi connectivity index (χ0v) is 14.8. The van der Waals surface area contributed by atoms with E-state index < -0.39 is 0 Å². The number of carbonyl (C=O) groups is 1. The van der Waals surface area contributed by atoms with Gasteiger partial charge in [0.15, 0.2) is 4.88 Å². The molecule has 0 bridgehead atoms. The zero-order chi connectivity index (χ0) is 17.9. The molecular formula is C19H17N3O3S. The highest BCUT2D eigenvalue weighted by atomic mass is 32.1. The molecule has 26 heavy (non-hydrogen) atoms. The van der Waals surface area contributed by atoms with Crippen molar-refractivity contribution < 1.29 is 14.6 Å². The molecule has 0 atom stereocenters. The Morgan fingerprint density at radius 2 is 2.27 bits per heavy atom. The van der Waals surface area contributed by atoms with E-state index in [1.807, 2.05) is 12.1 Å². The Morgan fingerprint density at radius 1 is 1.35 bits per heavy atom. The van der Waals surface area contributed by atoms with Crippen LogP contribution in [0, 0.1) is 0 Å². The van der Waals surface area contributed by atoms with Crippen molar-refractivity contribution in [3.63, 3.8) is 0 Å². The van der Waals surface area contributed by atoms with Crippen LogP contribution in [-0.4, -0.2) is 34.1 Å². The van der Waals surface area contributed by atoms with E-state index >= 15 is 0 Å². The molecule has 0 aliphatic carbocycles. The highest BCUT2D eigenvalue weighted by Crippen LogP contribution is 2.31. The third-order valence-electron chi connectivity index (χ3n) is 4.18. The number of amides is 1. The van der Waals surface area contributed by atoms with Gasteiger partial charge in [-0.1, -0.05) is 12.1 Å². The minimum Gasteiger partial charge on any atom is -0.493 e. The third kappa shape index (κ3) is 3.39. The summed E-state index contributed by atoms with van der Waals surface area (Å²) in [6.45, 7) is 1.20. The number of benzene rings is 1. The lowest BCUT2D eigenvalue weighted by molar-refractivity contribution is 0.0955. The van der Waals surface area contributed by atoms with E-state index in [0.29, 0.717) is 18.0 Å². The van der Waals surface area contributed by atoms with Gasteiger partial charge in [0, 0.05) is 30.9 Å². The molecule has 3 aromatic rings. The van der Waals surface area contributed by atoms with E-state index in [-0.39, 0.29) is 16.7 Å². The van der Waals surface area contributed by atoms with E-state index in [0.717, 1.165) is 41.2 Å². The van der Waals surface area contributed by atoms with E-state index in [1.54, 1.807) is 18.5 Å². The molecule has 0 saturated heterocycles. The topological polar surface area (TPSA) is 84.3 Å². The fourth-order valence-corrected chi connectivity index (χ4v) is 3.71. The molecule has 7 heteroatoms. The second-order valence-corrected chi connectivity index (χ2v) is 6.96. The molecule has 132 valence electrons. The molecule has 2 aromatic heterocycles. The second kappa shape index (κ2) is 7.13. The van der Waals surface area contributed by atoms with Crippen molar-refractivity contribution >= 4 is 17.2 Å². The number of aromatic hydroxyl groups is 1. The normalized spacial score (nSPS) is 12.5. The number of ether oxygens (including phenoxy) is 1. The van der Waals surface area contributed by atoms with Crippen LogP contribution in [0.3, 0.4) is 0 Å². The van der Waals surface area contributed by atoms with Crippen LogP contribution in [0.5, 0.6) is 11.6 Å². The predicted octanol–water partition coefficient (Wildman–Crippen LogP) is 2.82. The van der Waals surface area contributed by atoms with Crippen LogP contribution < -0.4 is 10.1 Å². The minimum atomic E-state index is -0.326. The summed E-state index contributed by atoms with van der Waals surface area (Å²) >= 11 is 1.15. The molecule has 0 radical (unpaired) electrons. The summed E-state index contributed by atoms with van der Waals surface area (Å²) in [5, 5.41) is 13.4. The number of carbonyl (C=O) groups excluding carboxylic acids is 1. The van der Waals surface area contributed by atoms with Gasteiger partial charge in [0.1, 0.15) is 10.8 Å². The lowest BCUT2D eigenvalue weighted by atomic mass is 10.1. The lowest BCUT2D eigenvalue weighted by Crippen LogP contribution is -2.25. The van der Waals surface area contributed by atoms with E-state index in [1.165, 1.54) is 5.56 Å². The van der Waals surface area contributed by atoms with Gasteiger partial charge in [0.25, 0.3) is 5.91 Å². The van der Waals surface area contributed by atoms with Crippen LogP contribution in [0.25, 0.3) is 10.6 Å². The number of fused-ring (bicyclic) bond motifs is 1. The Kier molecular flexibility index (Phi) is 4.53. The molecule has 0 spiro atoms. The maximum atomic E-state index is 12.3. The van der Waals surface area contributed by atoms with Crippen LogP contribution in [0.1, 0.15) is 20.8 Å². The predicted molar refractivity (Wildman–Crippen MR) is 98.7 cm³/mol. The maximum absolute atomic E-state index is 12.3. The first kappa shape index (κ1) is 16.5. The number of hydrogen-bond donors (Lipinski definition) is 2. The molecule has 4 rings (SSSR count). The smallest absolute Gasteiger partial charge is 0.267 e. The molecule has 1 amide bonds. The maximum Gasteiger partial charge on any atom is 0.267 e. The number of rotatable bonds is 5. The Morgan fingerprint density at radius 3 is 3.12 bits per heavy atom. The summed E-state index contributed by atoms with van der Waals surface area (Å²) in [5.74, 6) is 0.361. The second-order valence-electron chi connectivity index (χ2n) is 5.96. The van der Waals surface area contributed by atoms with Crippen molar-refractivity contribution in [2.75, 3.05) is 13.2 Å². The van der Waals surface area contributed by atoms with E-state index in [2.05, 4.69) is 27.4 Å². The molecule has 0 unspecified atom stereocenters. The summed E-state index contributed by atoms with van der Waals surface area (Å²) in [6, 6.07) is 9.79. The van der Waals surface area contributed by atoms with Gasteiger partial charge in [-0.25, -0.2) is 4.98 Å². The van der Waals surface area contributed by atoms with Crippen LogP contribution >= 0.6 is 11.3 Å². The molecule has 0 fully saturated rings. The van der Waals surface area contributed by atoms with Crippen LogP contribution in [0.15, 0.2) is 42.7 Å². The first-order valence-electron chi connectivity index (χ1n) is 8.34. The minimum absolute atomic E-state index is 0.209. The summed E-state index contributed by atoms with van der Waals surface area (Å²) in [4.78, 5) is 20.6. The van der Waals surface area contributed by atoms with Gasteiger partial charge in [-0.2, -0.15) is 0 Å². The van der Waals surface area contributed by atoms with Crippen molar-refractivity contribution in [1.82, 2.24) is 15.3 Å². The highest BCUT2D eigenvalue weighted by molar-refractivity contribution is 7.17. The van der Waals surface area contributed by atoms with Gasteiger partial charge in [-0.15, -0.1) is 11.3 Å². The van der Waals surface area contributed by atoms with Crippen LogP contribution in [0.2, 0.25) is 0 Å². The average Bonchev–Trinajstić information content (AvgIpc) is 3.28. The quantitative estimate of drug-likeness (QED) is 0.724. The van der Waals surface area contributed by atoms with Gasteiger partial charge in [-0.05, 0) is 35.7 Å². The zero-order valence-electron chi connectivity index (χ0n) is 13.9. The molecule has 3 heterocycles. The standard InChI is InChI=1S/C19H17N3O3S/c23-17(16-18(24)22-19(26-16)14-2-1-7-20-11-14)21-8-5-12-3-4-13-6-9-25-15(13)10-12/h1-4,7,10-11,24H,5-6,8-9H2,(H,21,23). The first-order chi connectivity index (χ1) is 12.7. The van der Waals surface area contributed by atoms with E-state index in [9.17, 15) is 9.90 Å². The molecule has 1 aliphatic heterocycles. The number of nitrogens with zero attached hydrogens (tertiary/aromatic N) is 2. The Hall–Kier alpha value is -2.93. The Balaban J connectivity index is 1.39. The van der Waals surface area contributed by atoms with Gasteiger partial charge < -0.3 is 15.2 Å². The molecule has 0 saturated carbocycles. The highest BCUT2D eigenvalue weighted by Gasteiger charge is 2.18. The summed E-state index contributed by atoms with van der Waals surface area (Å²) in [7, 11) is 0. The van der Waals surface area contributed by atoms with Gasteiger partial charge in [-0.3, -0.25) is 9.78 Å². The van der Waals surface area contributed by atoms with Crippen LogP contribution in [0.4, 0.5) is 0 Å². The molecular weight excluding hydrogens is 350 g/mol. The Bertz CT molecular complexity index is 940. The van der Waals surface area contributed by atoms with Gasteiger partial charge in [0.05, 0.1) is 6.61 Å². The SMILES string of the molecule is O=C(NCCc1ccc2c(c1)OCC2)c1sc(-c2cccnc2)nc1O. The number of thiazole rings is 1. The Labute approximate surface area is 154 Å². The van der Waals surface area contributed by atoms with Crippen molar-refractivity contribution in [2.45, 2.75) is 12.8 Å². The van der Waals surface area contributed by atoms with Crippen molar-refractivity contribution in [2.24, 2.45) is 0 Å². The van der Waals surface area contributed by atoms with E-state index in [4.69, 9.17) is 4.74 Å². The van der Waals surface area contributed by atoms with Crippen molar-refractivity contribution in [3.05, 3.63) is 58.7 Å². The molecule has 2 N–H and O–H groups in total. The largest absolute Gasteiger partial charge is 0.493 e. The van der Waals surface area contributed by atoms with Gasteiger partial charge in [0.2, 0.25) is 5.88 Å². The summed E-state index contributed by atoms with van der Waals surface area (Å²) < 4.78 is 5.56. The van der Waals surface area contributed by atoms with Crippen molar-refractivity contribution in [1.29, 1.82) is 0 Å². The van der Waals surface area contributed by atoms with Gasteiger partial charge >= 0.3 is 0 Å². The fraction of sp³-hybridized carbons (Fsp3) is 0.211. The number of aromatic nitrogens is 2. The number of pyridine rings is 1. The van der Waals surface area contributed by atoms with Crippen molar-refractivity contribution in [3.8, 4) is 22.2 Å². The number of nitrogens with one attached hydrogen (secondary N) is 1.